The number of nitrogens with zero attached hydrogens (tertiary/aromatic N) is 3. The van der Waals surface area contributed by atoms with Crippen LogP contribution in [0.5, 0.6) is 0 Å². The maximum absolute atomic E-state index is 13.7. The molecule has 136 valence electrons. The smallest absolute Gasteiger partial charge is 0.254 e. The SMILES string of the molecule is Cc1cnc(NC(=O)CN(CC2CC2)C(=O)c2ccc(Cl)c(F)c2)nc1. The van der Waals surface area contributed by atoms with Crippen molar-refractivity contribution in [2.75, 3.05) is 18.4 Å². The van der Waals surface area contributed by atoms with Crippen LogP contribution in [0.2, 0.25) is 5.02 Å². The normalized spacial score (nSPS) is 13.3. The molecule has 6 nitrogen and oxygen atoms in total. The molecular weight excluding hydrogens is 359 g/mol. The van der Waals surface area contributed by atoms with E-state index >= 15 is 0 Å². The van der Waals surface area contributed by atoms with Crippen molar-refractivity contribution in [1.29, 1.82) is 0 Å². The van der Waals surface area contributed by atoms with Crippen LogP contribution in [0, 0.1) is 18.7 Å². The fourth-order valence-electron chi connectivity index (χ4n) is 2.44. The fraction of sp³-hybridized carbons (Fsp3) is 0.333. The topological polar surface area (TPSA) is 75.2 Å². The number of carbonyl (C=O) groups is 2. The van der Waals surface area contributed by atoms with Gasteiger partial charge in [-0.1, -0.05) is 11.6 Å². The Morgan fingerprint density at radius 1 is 1.31 bits per heavy atom. The van der Waals surface area contributed by atoms with Crippen LogP contribution in [0.1, 0.15) is 28.8 Å². The van der Waals surface area contributed by atoms with Crippen molar-refractivity contribution in [1.82, 2.24) is 14.9 Å². The van der Waals surface area contributed by atoms with Crippen molar-refractivity contribution in [3.8, 4) is 0 Å². The minimum absolute atomic E-state index is 0.0513. The Morgan fingerprint density at radius 3 is 2.62 bits per heavy atom. The zero-order valence-electron chi connectivity index (χ0n) is 14.2. The van der Waals surface area contributed by atoms with Gasteiger partial charge in [0.15, 0.2) is 0 Å². The summed E-state index contributed by atoms with van der Waals surface area (Å²) in [4.78, 5) is 34.4. The highest BCUT2D eigenvalue weighted by atomic mass is 35.5. The first-order valence-electron chi connectivity index (χ1n) is 8.25. The number of aromatic nitrogens is 2. The van der Waals surface area contributed by atoms with E-state index in [-0.39, 0.29) is 23.1 Å². The molecule has 0 aliphatic heterocycles. The summed E-state index contributed by atoms with van der Waals surface area (Å²) < 4.78 is 13.7. The molecular formula is C18H18ClFN4O2. The quantitative estimate of drug-likeness (QED) is 0.840. The lowest BCUT2D eigenvalue weighted by atomic mass is 10.2. The maximum Gasteiger partial charge on any atom is 0.254 e. The zero-order chi connectivity index (χ0) is 18.7. The first-order chi connectivity index (χ1) is 12.4. The molecule has 0 spiro atoms. The van der Waals surface area contributed by atoms with Gasteiger partial charge < -0.3 is 4.90 Å². The molecule has 1 saturated carbocycles. The lowest BCUT2D eigenvalue weighted by molar-refractivity contribution is -0.117. The Balaban J connectivity index is 1.70. The van der Waals surface area contributed by atoms with Crippen molar-refractivity contribution in [3.63, 3.8) is 0 Å². The van der Waals surface area contributed by atoms with Gasteiger partial charge in [-0.15, -0.1) is 0 Å². The molecule has 1 fully saturated rings. The van der Waals surface area contributed by atoms with Crippen molar-refractivity contribution < 1.29 is 14.0 Å². The molecule has 2 aromatic rings. The van der Waals surface area contributed by atoms with Gasteiger partial charge in [0.2, 0.25) is 11.9 Å². The largest absolute Gasteiger partial charge is 0.329 e. The summed E-state index contributed by atoms with van der Waals surface area (Å²) in [6.07, 6.45) is 5.21. The van der Waals surface area contributed by atoms with Gasteiger partial charge in [-0.3, -0.25) is 14.9 Å². The molecule has 8 heteroatoms. The molecule has 0 saturated heterocycles. The summed E-state index contributed by atoms with van der Waals surface area (Å²) in [5, 5.41) is 2.52. The van der Waals surface area contributed by atoms with E-state index in [1.54, 1.807) is 12.4 Å². The first-order valence-corrected chi connectivity index (χ1v) is 8.63. The number of benzene rings is 1. The second-order valence-electron chi connectivity index (χ2n) is 6.39. The molecule has 1 aliphatic carbocycles. The maximum atomic E-state index is 13.7. The van der Waals surface area contributed by atoms with Crippen LogP contribution in [0.3, 0.4) is 0 Å². The van der Waals surface area contributed by atoms with Crippen LogP contribution in [0.15, 0.2) is 30.6 Å². The number of anilines is 1. The Bertz CT molecular complexity index is 824. The van der Waals surface area contributed by atoms with E-state index in [2.05, 4.69) is 15.3 Å². The zero-order valence-corrected chi connectivity index (χ0v) is 15.0. The number of rotatable bonds is 6. The Labute approximate surface area is 155 Å². The summed E-state index contributed by atoms with van der Waals surface area (Å²) >= 11 is 5.67. The van der Waals surface area contributed by atoms with E-state index < -0.39 is 17.6 Å². The molecule has 1 heterocycles. The van der Waals surface area contributed by atoms with Crippen LogP contribution in [0.4, 0.5) is 10.3 Å². The van der Waals surface area contributed by atoms with Crippen LogP contribution < -0.4 is 5.32 Å². The van der Waals surface area contributed by atoms with Crippen LogP contribution in [-0.2, 0) is 4.79 Å². The third kappa shape index (κ3) is 4.76. The van der Waals surface area contributed by atoms with Gasteiger partial charge in [-0.2, -0.15) is 0 Å². The van der Waals surface area contributed by atoms with Crippen LogP contribution in [-0.4, -0.2) is 39.8 Å². The summed E-state index contributed by atoms with van der Waals surface area (Å²) in [6.45, 7) is 2.13. The van der Waals surface area contributed by atoms with E-state index in [4.69, 9.17) is 11.6 Å². The van der Waals surface area contributed by atoms with Crippen LogP contribution in [0.25, 0.3) is 0 Å². The molecule has 1 aliphatic rings. The van der Waals surface area contributed by atoms with Gasteiger partial charge >= 0.3 is 0 Å². The minimum atomic E-state index is -0.665. The van der Waals surface area contributed by atoms with E-state index in [1.807, 2.05) is 6.92 Å². The van der Waals surface area contributed by atoms with Gasteiger partial charge in [0.1, 0.15) is 12.4 Å². The number of carbonyl (C=O) groups excluding carboxylic acids is 2. The molecule has 0 atom stereocenters. The van der Waals surface area contributed by atoms with Gasteiger partial charge in [-0.05, 0) is 49.4 Å². The van der Waals surface area contributed by atoms with Crippen molar-refractivity contribution in [3.05, 3.63) is 52.6 Å². The first kappa shape index (κ1) is 18.3. The minimum Gasteiger partial charge on any atom is -0.329 e. The number of nitrogens with one attached hydrogen (secondary N) is 1. The van der Waals surface area contributed by atoms with Crippen molar-refractivity contribution in [2.45, 2.75) is 19.8 Å². The average molecular weight is 377 g/mol. The molecule has 1 aromatic carbocycles. The number of halogens is 2. The third-order valence-corrected chi connectivity index (χ3v) is 4.30. The Kier molecular flexibility index (Phi) is 5.46. The molecule has 26 heavy (non-hydrogen) atoms. The molecule has 1 N–H and O–H groups in total. The Hall–Kier alpha value is -2.54. The molecule has 1 aromatic heterocycles. The lowest BCUT2D eigenvalue weighted by Gasteiger charge is -2.22. The average Bonchev–Trinajstić information content (AvgIpc) is 3.42. The number of amides is 2. The van der Waals surface area contributed by atoms with E-state index in [0.717, 1.165) is 24.5 Å². The highest BCUT2D eigenvalue weighted by molar-refractivity contribution is 6.30. The standard InChI is InChI=1S/C18H18ClFN4O2/c1-11-7-21-18(22-8-11)23-16(25)10-24(9-12-2-3-12)17(26)13-4-5-14(19)15(20)6-13/h4-8,12H,2-3,9-10H2,1H3,(H,21,22,23,25). The third-order valence-electron chi connectivity index (χ3n) is 4.00. The molecule has 3 rings (SSSR count). The second-order valence-corrected chi connectivity index (χ2v) is 6.80. The lowest BCUT2D eigenvalue weighted by Crippen LogP contribution is -2.39. The van der Waals surface area contributed by atoms with Crippen molar-refractivity contribution >= 4 is 29.4 Å². The summed E-state index contributed by atoms with van der Waals surface area (Å²) in [5.74, 6) is -0.928. The van der Waals surface area contributed by atoms with E-state index in [9.17, 15) is 14.0 Å². The molecule has 0 radical (unpaired) electrons. The predicted octanol–water partition coefficient (Wildman–Crippen LogP) is 3.07. The summed E-state index contributed by atoms with van der Waals surface area (Å²) in [6, 6.07) is 3.87. The number of aryl methyl sites for hydroxylation is 1. The van der Waals surface area contributed by atoms with Gasteiger partial charge in [-0.25, -0.2) is 14.4 Å². The summed E-state index contributed by atoms with van der Waals surface area (Å²) in [7, 11) is 0. The van der Waals surface area contributed by atoms with Crippen LogP contribution >= 0.6 is 11.6 Å². The monoisotopic (exact) mass is 376 g/mol. The molecule has 0 unspecified atom stereocenters. The van der Waals surface area contributed by atoms with Gasteiger partial charge in [0.05, 0.1) is 5.02 Å². The van der Waals surface area contributed by atoms with Gasteiger partial charge in [0.25, 0.3) is 5.91 Å². The van der Waals surface area contributed by atoms with E-state index in [1.165, 1.54) is 17.0 Å². The molecule has 2 amide bonds. The van der Waals surface area contributed by atoms with Gasteiger partial charge in [0, 0.05) is 24.5 Å². The Morgan fingerprint density at radius 2 is 2.00 bits per heavy atom. The second kappa shape index (κ2) is 7.78. The number of hydrogen-bond donors (Lipinski definition) is 1. The molecule has 0 bridgehead atoms. The highest BCUT2D eigenvalue weighted by Crippen LogP contribution is 2.30. The van der Waals surface area contributed by atoms with Crippen molar-refractivity contribution in [2.24, 2.45) is 5.92 Å². The number of hydrogen-bond acceptors (Lipinski definition) is 4. The summed E-state index contributed by atoms with van der Waals surface area (Å²) in [5.41, 5.74) is 1.03. The van der Waals surface area contributed by atoms with E-state index in [0.29, 0.717) is 12.5 Å². The fourth-order valence-corrected chi connectivity index (χ4v) is 2.56. The predicted molar refractivity (Wildman–Crippen MR) is 95.4 cm³/mol. The highest BCUT2D eigenvalue weighted by Gasteiger charge is 2.29.